The van der Waals surface area contributed by atoms with Crippen LogP contribution in [0.1, 0.15) is 11.6 Å². The summed E-state index contributed by atoms with van der Waals surface area (Å²) >= 11 is 3.46. The summed E-state index contributed by atoms with van der Waals surface area (Å²) in [5.41, 5.74) is 2.06. The number of anilines is 1. The van der Waals surface area contributed by atoms with Gasteiger partial charge in [-0.1, -0.05) is 58.4 Å². The van der Waals surface area contributed by atoms with Gasteiger partial charge in [-0.3, -0.25) is 0 Å². The Morgan fingerprint density at radius 1 is 0.905 bits per heavy atom. The number of hydrogen-bond donors (Lipinski definition) is 2. The lowest BCUT2D eigenvalue weighted by molar-refractivity contribution is 0.276. The average molecular weight is 342 g/mol. The second-order valence-electron chi connectivity index (χ2n) is 5.00. The van der Waals surface area contributed by atoms with Gasteiger partial charge in [-0.25, -0.2) is 0 Å². The van der Waals surface area contributed by atoms with Crippen LogP contribution < -0.4 is 5.32 Å². The zero-order valence-corrected chi connectivity index (χ0v) is 13.0. The number of benzene rings is 3. The summed E-state index contributed by atoms with van der Waals surface area (Å²) in [7, 11) is 0. The van der Waals surface area contributed by atoms with E-state index in [-0.39, 0.29) is 12.6 Å². The van der Waals surface area contributed by atoms with Crippen LogP contribution in [0.4, 0.5) is 5.69 Å². The Bertz CT molecular complexity index is 757. The molecule has 1 unspecified atom stereocenters. The molecule has 3 heteroatoms. The summed E-state index contributed by atoms with van der Waals surface area (Å²) in [5.74, 6) is 0. The summed E-state index contributed by atoms with van der Waals surface area (Å²) in [6.07, 6.45) is 0. The van der Waals surface area contributed by atoms with Crippen LogP contribution in [0.15, 0.2) is 71.2 Å². The minimum Gasteiger partial charge on any atom is -0.394 e. The lowest BCUT2D eigenvalue weighted by Crippen LogP contribution is -2.14. The van der Waals surface area contributed by atoms with E-state index < -0.39 is 0 Å². The van der Waals surface area contributed by atoms with Crippen molar-refractivity contribution in [3.8, 4) is 0 Å². The molecular weight excluding hydrogens is 326 g/mol. The standard InChI is InChI=1S/C18H16BrNO/c19-16-6-3-7-17(11-16)20-18(12-21)15-9-8-13-4-1-2-5-14(13)10-15/h1-11,18,20-21H,12H2. The maximum Gasteiger partial charge on any atom is 0.0745 e. The van der Waals surface area contributed by atoms with Gasteiger partial charge in [-0.05, 0) is 40.6 Å². The molecule has 0 amide bonds. The Balaban J connectivity index is 1.90. The molecule has 0 aliphatic rings. The fourth-order valence-corrected chi connectivity index (χ4v) is 2.84. The van der Waals surface area contributed by atoms with Crippen LogP contribution in [0.5, 0.6) is 0 Å². The molecule has 21 heavy (non-hydrogen) atoms. The van der Waals surface area contributed by atoms with E-state index in [1.54, 1.807) is 0 Å². The normalized spacial score (nSPS) is 12.3. The van der Waals surface area contributed by atoms with Crippen molar-refractivity contribution in [3.05, 3.63) is 76.8 Å². The van der Waals surface area contributed by atoms with Gasteiger partial charge in [0.25, 0.3) is 0 Å². The molecule has 0 heterocycles. The zero-order chi connectivity index (χ0) is 14.7. The number of rotatable bonds is 4. The van der Waals surface area contributed by atoms with Crippen LogP contribution in [0.3, 0.4) is 0 Å². The fourth-order valence-electron chi connectivity index (χ4n) is 2.44. The molecule has 0 fully saturated rings. The van der Waals surface area contributed by atoms with E-state index in [0.29, 0.717) is 0 Å². The van der Waals surface area contributed by atoms with Crippen LogP contribution in [0.2, 0.25) is 0 Å². The summed E-state index contributed by atoms with van der Waals surface area (Å²) in [5, 5.41) is 15.5. The molecule has 0 aromatic heterocycles. The summed E-state index contributed by atoms with van der Waals surface area (Å²) < 4.78 is 1.02. The van der Waals surface area contributed by atoms with E-state index in [1.165, 1.54) is 10.8 Å². The molecule has 106 valence electrons. The molecular formula is C18H16BrNO. The molecule has 0 aliphatic carbocycles. The second kappa shape index (κ2) is 6.29. The van der Waals surface area contributed by atoms with Gasteiger partial charge in [0.1, 0.15) is 0 Å². The van der Waals surface area contributed by atoms with Crippen LogP contribution >= 0.6 is 15.9 Å². The molecule has 3 aromatic rings. The number of hydrogen-bond acceptors (Lipinski definition) is 2. The first kappa shape index (κ1) is 14.1. The first-order valence-corrected chi connectivity index (χ1v) is 7.67. The lowest BCUT2D eigenvalue weighted by Gasteiger charge is -2.19. The van der Waals surface area contributed by atoms with Gasteiger partial charge in [0, 0.05) is 10.2 Å². The molecule has 0 aliphatic heterocycles. The van der Waals surface area contributed by atoms with Crippen molar-refractivity contribution in [1.29, 1.82) is 0 Å². The summed E-state index contributed by atoms with van der Waals surface area (Å²) in [6, 6.07) is 22.4. The first-order valence-electron chi connectivity index (χ1n) is 6.88. The van der Waals surface area contributed by atoms with Crippen molar-refractivity contribution in [2.24, 2.45) is 0 Å². The van der Waals surface area contributed by atoms with E-state index in [2.05, 4.69) is 51.6 Å². The highest BCUT2D eigenvalue weighted by Gasteiger charge is 2.10. The quantitative estimate of drug-likeness (QED) is 0.717. The number of aliphatic hydroxyl groups is 1. The predicted molar refractivity (Wildman–Crippen MR) is 91.5 cm³/mol. The minimum atomic E-state index is -0.121. The predicted octanol–water partition coefficient (Wildman–Crippen LogP) is 4.75. The topological polar surface area (TPSA) is 32.3 Å². The van der Waals surface area contributed by atoms with Crippen LogP contribution in [0.25, 0.3) is 10.8 Å². The number of nitrogens with one attached hydrogen (secondary N) is 1. The molecule has 2 nitrogen and oxygen atoms in total. The van der Waals surface area contributed by atoms with Gasteiger partial charge in [-0.2, -0.15) is 0 Å². The fraction of sp³-hybridized carbons (Fsp3) is 0.111. The Morgan fingerprint density at radius 2 is 1.71 bits per heavy atom. The van der Waals surface area contributed by atoms with Crippen LogP contribution in [-0.4, -0.2) is 11.7 Å². The Hall–Kier alpha value is -1.84. The van der Waals surface area contributed by atoms with Gasteiger partial charge >= 0.3 is 0 Å². The van der Waals surface area contributed by atoms with Crippen molar-refractivity contribution < 1.29 is 5.11 Å². The van der Waals surface area contributed by atoms with Crippen molar-refractivity contribution in [1.82, 2.24) is 0 Å². The average Bonchev–Trinajstić information content (AvgIpc) is 2.52. The van der Waals surface area contributed by atoms with Crippen molar-refractivity contribution in [3.63, 3.8) is 0 Å². The third-order valence-electron chi connectivity index (χ3n) is 3.52. The molecule has 3 aromatic carbocycles. The van der Waals surface area contributed by atoms with E-state index in [4.69, 9.17) is 0 Å². The lowest BCUT2D eigenvalue weighted by atomic mass is 10.0. The Morgan fingerprint density at radius 3 is 2.48 bits per heavy atom. The Kier molecular flexibility index (Phi) is 4.23. The third kappa shape index (κ3) is 3.26. The third-order valence-corrected chi connectivity index (χ3v) is 4.02. The first-order chi connectivity index (χ1) is 10.3. The van der Waals surface area contributed by atoms with Crippen molar-refractivity contribution >= 4 is 32.4 Å². The summed E-state index contributed by atoms with van der Waals surface area (Å²) in [6.45, 7) is 0.0465. The number of halogens is 1. The van der Waals surface area contributed by atoms with E-state index in [0.717, 1.165) is 15.7 Å². The monoisotopic (exact) mass is 341 g/mol. The van der Waals surface area contributed by atoms with Crippen LogP contribution in [-0.2, 0) is 0 Å². The van der Waals surface area contributed by atoms with Gasteiger partial charge < -0.3 is 10.4 Å². The second-order valence-corrected chi connectivity index (χ2v) is 5.91. The highest BCUT2D eigenvalue weighted by atomic mass is 79.9. The molecule has 0 radical (unpaired) electrons. The van der Waals surface area contributed by atoms with Gasteiger partial charge in [0.15, 0.2) is 0 Å². The number of aliphatic hydroxyl groups excluding tert-OH is 1. The van der Waals surface area contributed by atoms with Gasteiger partial charge in [-0.15, -0.1) is 0 Å². The molecule has 0 saturated heterocycles. The molecule has 0 saturated carbocycles. The van der Waals surface area contributed by atoms with E-state index in [1.807, 2.05) is 36.4 Å². The minimum absolute atomic E-state index is 0.0465. The van der Waals surface area contributed by atoms with E-state index in [9.17, 15) is 5.11 Å². The molecule has 1 atom stereocenters. The van der Waals surface area contributed by atoms with Crippen molar-refractivity contribution in [2.75, 3.05) is 11.9 Å². The van der Waals surface area contributed by atoms with Crippen molar-refractivity contribution in [2.45, 2.75) is 6.04 Å². The van der Waals surface area contributed by atoms with Gasteiger partial charge in [0.2, 0.25) is 0 Å². The maximum atomic E-state index is 9.71. The Labute approximate surface area is 132 Å². The van der Waals surface area contributed by atoms with Crippen LogP contribution in [0, 0.1) is 0 Å². The molecule has 2 N–H and O–H groups in total. The smallest absolute Gasteiger partial charge is 0.0745 e. The summed E-state index contributed by atoms with van der Waals surface area (Å²) in [4.78, 5) is 0. The maximum absolute atomic E-state index is 9.71. The number of fused-ring (bicyclic) bond motifs is 1. The highest BCUT2D eigenvalue weighted by Crippen LogP contribution is 2.25. The van der Waals surface area contributed by atoms with Gasteiger partial charge in [0.05, 0.1) is 12.6 Å². The molecule has 0 spiro atoms. The zero-order valence-electron chi connectivity index (χ0n) is 11.5. The molecule has 3 rings (SSSR count). The SMILES string of the molecule is OCC(Nc1cccc(Br)c1)c1ccc2ccccc2c1. The van der Waals surface area contributed by atoms with E-state index >= 15 is 0 Å². The largest absolute Gasteiger partial charge is 0.394 e. The molecule has 0 bridgehead atoms. The highest BCUT2D eigenvalue weighted by molar-refractivity contribution is 9.10.